The number of benzene rings is 1. The van der Waals surface area contributed by atoms with Crippen molar-refractivity contribution in [3.05, 3.63) is 35.9 Å². The monoisotopic (exact) mass is 333 g/mol. The Labute approximate surface area is 145 Å². The highest BCUT2D eigenvalue weighted by Crippen LogP contribution is 2.14. The summed E-state index contributed by atoms with van der Waals surface area (Å²) in [7, 11) is 1.73. The van der Waals surface area contributed by atoms with E-state index >= 15 is 0 Å². The third-order valence-electron chi connectivity index (χ3n) is 4.62. The lowest BCUT2D eigenvalue weighted by Crippen LogP contribution is -2.43. The first-order chi connectivity index (χ1) is 11.7. The Kier molecular flexibility index (Phi) is 8.05. The Morgan fingerprint density at radius 2 is 2.17 bits per heavy atom. The average molecular weight is 333 g/mol. The third kappa shape index (κ3) is 6.89. The van der Waals surface area contributed by atoms with Gasteiger partial charge in [0.1, 0.15) is 0 Å². The number of methoxy groups -OCH3 is 1. The highest BCUT2D eigenvalue weighted by Gasteiger charge is 2.22. The number of amides is 2. The minimum atomic E-state index is -0.0501. The van der Waals surface area contributed by atoms with Crippen LogP contribution in [0.1, 0.15) is 25.3 Å². The first-order valence-electron chi connectivity index (χ1n) is 8.97. The van der Waals surface area contributed by atoms with Gasteiger partial charge in [0, 0.05) is 32.8 Å². The van der Waals surface area contributed by atoms with E-state index in [1.807, 2.05) is 6.07 Å². The van der Waals surface area contributed by atoms with Crippen molar-refractivity contribution in [1.82, 2.24) is 15.5 Å². The van der Waals surface area contributed by atoms with E-state index in [4.69, 9.17) is 4.74 Å². The van der Waals surface area contributed by atoms with Gasteiger partial charge in [-0.25, -0.2) is 4.79 Å². The molecule has 0 radical (unpaired) electrons. The van der Waals surface area contributed by atoms with Crippen LogP contribution in [-0.4, -0.2) is 56.9 Å². The van der Waals surface area contributed by atoms with Crippen LogP contribution < -0.4 is 10.6 Å². The van der Waals surface area contributed by atoms with E-state index in [2.05, 4.69) is 46.7 Å². The molecule has 5 heteroatoms. The molecule has 0 saturated carbocycles. The van der Waals surface area contributed by atoms with Crippen LogP contribution in [0.4, 0.5) is 4.79 Å². The van der Waals surface area contributed by atoms with Gasteiger partial charge in [0.05, 0.1) is 6.61 Å². The summed E-state index contributed by atoms with van der Waals surface area (Å²) in [6, 6.07) is 10.5. The number of aryl methyl sites for hydroxylation is 1. The second-order valence-corrected chi connectivity index (χ2v) is 6.73. The molecule has 0 bridgehead atoms. The smallest absolute Gasteiger partial charge is 0.315 e. The standard InChI is InChI=1S/C19H31N3O2/c1-16(8-9-17-6-4-3-5-7-17)21-19(23)20-14-18-10-11-22(15-18)12-13-24-2/h3-7,16,18H,8-15H2,1-2H3,(H2,20,21,23). The van der Waals surface area contributed by atoms with E-state index in [0.717, 1.165) is 52.0 Å². The Bertz CT molecular complexity index is 481. The zero-order chi connectivity index (χ0) is 17.2. The summed E-state index contributed by atoms with van der Waals surface area (Å²) in [5.41, 5.74) is 1.31. The van der Waals surface area contributed by atoms with E-state index < -0.39 is 0 Å². The van der Waals surface area contributed by atoms with E-state index in [0.29, 0.717) is 5.92 Å². The largest absolute Gasteiger partial charge is 0.383 e. The molecule has 134 valence electrons. The van der Waals surface area contributed by atoms with Crippen molar-refractivity contribution in [2.45, 2.75) is 32.2 Å². The summed E-state index contributed by atoms with van der Waals surface area (Å²) in [5, 5.41) is 6.06. The molecular weight excluding hydrogens is 302 g/mol. The molecule has 1 aromatic carbocycles. The lowest BCUT2D eigenvalue weighted by Gasteiger charge is -2.17. The number of nitrogens with one attached hydrogen (secondary N) is 2. The highest BCUT2D eigenvalue weighted by atomic mass is 16.5. The number of hydrogen-bond donors (Lipinski definition) is 2. The van der Waals surface area contributed by atoms with Crippen LogP contribution >= 0.6 is 0 Å². The maximum absolute atomic E-state index is 12.0. The molecule has 1 heterocycles. The topological polar surface area (TPSA) is 53.6 Å². The van der Waals surface area contributed by atoms with Crippen molar-refractivity contribution in [2.75, 3.05) is 39.9 Å². The van der Waals surface area contributed by atoms with Gasteiger partial charge in [-0.05, 0) is 44.2 Å². The van der Waals surface area contributed by atoms with Crippen LogP contribution in [0.5, 0.6) is 0 Å². The number of rotatable bonds is 9. The molecule has 24 heavy (non-hydrogen) atoms. The molecule has 1 aliphatic rings. The molecule has 2 rings (SSSR count). The van der Waals surface area contributed by atoms with Crippen LogP contribution in [0.2, 0.25) is 0 Å². The minimum Gasteiger partial charge on any atom is -0.383 e. The molecule has 1 fully saturated rings. The number of urea groups is 1. The Morgan fingerprint density at radius 3 is 2.92 bits per heavy atom. The maximum Gasteiger partial charge on any atom is 0.315 e. The lowest BCUT2D eigenvalue weighted by atomic mass is 10.1. The predicted molar refractivity (Wildman–Crippen MR) is 97.2 cm³/mol. The predicted octanol–water partition coefficient (Wildman–Crippen LogP) is 2.28. The second-order valence-electron chi connectivity index (χ2n) is 6.73. The molecule has 0 spiro atoms. The number of nitrogens with zero attached hydrogens (tertiary/aromatic N) is 1. The van der Waals surface area contributed by atoms with Crippen molar-refractivity contribution in [2.24, 2.45) is 5.92 Å². The summed E-state index contributed by atoms with van der Waals surface area (Å²) in [6.45, 7) is 6.72. The van der Waals surface area contributed by atoms with Crippen LogP contribution in [0.15, 0.2) is 30.3 Å². The highest BCUT2D eigenvalue weighted by molar-refractivity contribution is 5.74. The molecule has 1 aliphatic heterocycles. The van der Waals surface area contributed by atoms with Crippen molar-refractivity contribution in [3.63, 3.8) is 0 Å². The fraction of sp³-hybridized carbons (Fsp3) is 0.632. The first-order valence-corrected chi connectivity index (χ1v) is 8.97. The van der Waals surface area contributed by atoms with Crippen LogP contribution in [0.3, 0.4) is 0 Å². The van der Waals surface area contributed by atoms with Gasteiger partial charge in [-0.3, -0.25) is 0 Å². The molecule has 2 unspecified atom stereocenters. The maximum atomic E-state index is 12.0. The van der Waals surface area contributed by atoms with Crippen molar-refractivity contribution in [1.29, 1.82) is 0 Å². The molecule has 0 aromatic heterocycles. The zero-order valence-electron chi connectivity index (χ0n) is 15.0. The van der Waals surface area contributed by atoms with Gasteiger partial charge in [0.2, 0.25) is 0 Å². The fourth-order valence-electron chi connectivity index (χ4n) is 3.11. The Hall–Kier alpha value is -1.59. The normalized spacial score (nSPS) is 19.2. The molecule has 2 amide bonds. The molecule has 5 nitrogen and oxygen atoms in total. The van der Waals surface area contributed by atoms with Crippen molar-refractivity contribution < 1.29 is 9.53 Å². The van der Waals surface area contributed by atoms with Gasteiger partial charge >= 0.3 is 6.03 Å². The van der Waals surface area contributed by atoms with Crippen molar-refractivity contribution >= 4 is 6.03 Å². The van der Waals surface area contributed by atoms with Crippen LogP contribution in [0, 0.1) is 5.92 Å². The number of likely N-dealkylation sites (tertiary alicyclic amines) is 1. The van der Waals surface area contributed by atoms with Gasteiger partial charge < -0.3 is 20.3 Å². The molecular formula is C19H31N3O2. The Morgan fingerprint density at radius 1 is 1.38 bits per heavy atom. The minimum absolute atomic E-state index is 0.0501. The van der Waals surface area contributed by atoms with E-state index in [1.54, 1.807) is 7.11 Å². The molecule has 2 N–H and O–H groups in total. The average Bonchev–Trinajstić information content (AvgIpc) is 3.05. The van der Waals surface area contributed by atoms with E-state index in [1.165, 1.54) is 5.56 Å². The molecule has 1 saturated heterocycles. The molecule has 2 atom stereocenters. The number of ether oxygens (including phenoxy) is 1. The fourth-order valence-corrected chi connectivity index (χ4v) is 3.11. The lowest BCUT2D eigenvalue weighted by molar-refractivity contribution is 0.159. The van der Waals surface area contributed by atoms with Crippen LogP contribution in [0.25, 0.3) is 0 Å². The quantitative estimate of drug-likeness (QED) is 0.729. The number of carbonyl (C=O) groups excluding carboxylic acids is 1. The zero-order valence-corrected chi connectivity index (χ0v) is 15.0. The summed E-state index contributed by atoms with van der Waals surface area (Å²) < 4.78 is 5.11. The molecule has 1 aromatic rings. The summed E-state index contributed by atoms with van der Waals surface area (Å²) in [4.78, 5) is 14.4. The third-order valence-corrected chi connectivity index (χ3v) is 4.62. The van der Waals surface area contributed by atoms with Crippen molar-refractivity contribution in [3.8, 4) is 0 Å². The van der Waals surface area contributed by atoms with E-state index in [9.17, 15) is 4.79 Å². The van der Waals surface area contributed by atoms with Gasteiger partial charge in [-0.1, -0.05) is 30.3 Å². The number of carbonyl (C=O) groups is 1. The van der Waals surface area contributed by atoms with Gasteiger partial charge in [-0.2, -0.15) is 0 Å². The summed E-state index contributed by atoms with van der Waals surface area (Å²) >= 11 is 0. The Balaban J connectivity index is 1.57. The molecule has 0 aliphatic carbocycles. The summed E-state index contributed by atoms with van der Waals surface area (Å²) in [6.07, 6.45) is 3.08. The van der Waals surface area contributed by atoms with Crippen LogP contribution in [-0.2, 0) is 11.2 Å². The van der Waals surface area contributed by atoms with Gasteiger partial charge in [0.25, 0.3) is 0 Å². The van der Waals surface area contributed by atoms with Gasteiger partial charge in [-0.15, -0.1) is 0 Å². The first kappa shape index (κ1) is 18.7. The van der Waals surface area contributed by atoms with Gasteiger partial charge in [0.15, 0.2) is 0 Å². The summed E-state index contributed by atoms with van der Waals surface area (Å²) in [5.74, 6) is 0.548. The number of hydrogen-bond acceptors (Lipinski definition) is 3. The van der Waals surface area contributed by atoms with E-state index in [-0.39, 0.29) is 12.1 Å². The second kappa shape index (κ2) is 10.3. The SMILES string of the molecule is COCCN1CCC(CNC(=O)NC(C)CCc2ccccc2)C1.